The highest BCUT2D eigenvalue weighted by atomic mass is 35.5. The molecule has 2 rings (SSSR count). The molecular formula is C10H6Cl2F6. The minimum absolute atomic E-state index is 0.267. The van der Waals surface area contributed by atoms with Gasteiger partial charge in [-0.1, -0.05) is 35.4 Å². The summed E-state index contributed by atoms with van der Waals surface area (Å²) in [5.41, 5.74) is -4.92. The number of hydrogen-bond donors (Lipinski definition) is 0. The molecule has 18 heavy (non-hydrogen) atoms. The second-order valence-corrected chi connectivity index (χ2v) is 5.26. The van der Waals surface area contributed by atoms with Gasteiger partial charge in [0.2, 0.25) is 0 Å². The van der Waals surface area contributed by atoms with Gasteiger partial charge in [-0.2, -0.15) is 26.3 Å². The van der Waals surface area contributed by atoms with E-state index in [1.165, 1.54) is 6.08 Å². The van der Waals surface area contributed by atoms with E-state index in [1.54, 1.807) is 0 Å². The maximum atomic E-state index is 13.1. The largest absolute Gasteiger partial charge is 0.407 e. The molecule has 2 aliphatic rings. The Morgan fingerprint density at radius 3 is 1.89 bits per heavy atom. The van der Waals surface area contributed by atoms with Crippen molar-refractivity contribution < 1.29 is 26.3 Å². The van der Waals surface area contributed by atoms with Crippen molar-refractivity contribution in [3.63, 3.8) is 0 Å². The molecule has 0 aromatic carbocycles. The Kier molecular flexibility index (Phi) is 2.98. The van der Waals surface area contributed by atoms with Crippen LogP contribution in [0.1, 0.15) is 6.42 Å². The van der Waals surface area contributed by atoms with Gasteiger partial charge in [0.25, 0.3) is 0 Å². The molecule has 2 aliphatic carbocycles. The molecular weight excluding hydrogens is 305 g/mol. The van der Waals surface area contributed by atoms with Gasteiger partial charge in [0, 0.05) is 11.8 Å². The Labute approximate surface area is 108 Å². The van der Waals surface area contributed by atoms with Crippen LogP contribution in [-0.2, 0) is 0 Å². The lowest BCUT2D eigenvalue weighted by Gasteiger charge is -2.40. The first kappa shape index (κ1) is 14.1. The van der Waals surface area contributed by atoms with E-state index < -0.39 is 39.7 Å². The van der Waals surface area contributed by atoms with Gasteiger partial charge in [0.05, 0.1) is 0 Å². The first-order chi connectivity index (χ1) is 8.03. The molecule has 0 spiro atoms. The Balaban J connectivity index is 2.76. The molecule has 0 aliphatic heterocycles. The molecule has 0 N–H and O–H groups in total. The van der Waals surface area contributed by atoms with Crippen LogP contribution in [0.3, 0.4) is 0 Å². The van der Waals surface area contributed by atoms with Crippen LogP contribution >= 0.6 is 23.2 Å². The Hall–Kier alpha value is -0.360. The van der Waals surface area contributed by atoms with Gasteiger partial charge in [0.15, 0.2) is 5.41 Å². The summed E-state index contributed by atoms with van der Waals surface area (Å²) in [6.45, 7) is 0. The van der Waals surface area contributed by atoms with Crippen molar-refractivity contribution in [3.8, 4) is 0 Å². The molecule has 102 valence electrons. The average Bonchev–Trinajstić information content (AvgIpc) is 2.70. The van der Waals surface area contributed by atoms with Crippen LogP contribution in [0.15, 0.2) is 22.2 Å². The van der Waals surface area contributed by atoms with Gasteiger partial charge in [0.1, 0.15) is 4.49 Å². The molecule has 8 heteroatoms. The van der Waals surface area contributed by atoms with Gasteiger partial charge in [-0.15, -0.1) is 0 Å². The first-order valence-corrected chi connectivity index (χ1v) is 5.66. The van der Waals surface area contributed by atoms with E-state index in [9.17, 15) is 26.3 Å². The van der Waals surface area contributed by atoms with E-state index in [-0.39, 0.29) is 6.42 Å². The second kappa shape index (κ2) is 3.82. The zero-order valence-corrected chi connectivity index (χ0v) is 10.1. The standard InChI is InChI=1S/C10H6Cl2F6/c11-7(12)6-4-1-2-5(3-4)8(6,9(13,14)15)10(16,17)18/h1-2,4-5H,3H2. The monoisotopic (exact) mass is 310 g/mol. The van der Waals surface area contributed by atoms with Crippen molar-refractivity contribution in [2.45, 2.75) is 18.8 Å². The quantitative estimate of drug-likeness (QED) is 0.436. The third-order valence-corrected chi connectivity index (χ3v) is 3.94. The highest BCUT2D eigenvalue weighted by Crippen LogP contribution is 2.70. The first-order valence-electron chi connectivity index (χ1n) is 4.91. The fourth-order valence-electron chi connectivity index (χ4n) is 2.90. The van der Waals surface area contributed by atoms with Crippen molar-refractivity contribution in [1.29, 1.82) is 0 Å². The molecule has 2 unspecified atom stereocenters. The molecule has 0 amide bonds. The van der Waals surface area contributed by atoms with Crippen molar-refractivity contribution in [3.05, 3.63) is 22.2 Å². The third kappa shape index (κ3) is 1.54. The SMILES string of the molecule is FC(F)(F)C1(C(F)(F)F)C(=C(Cl)Cl)C2C=CC1C2. The minimum Gasteiger partial charge on any atom is -0.170 e. The molecule has 0 heterocycles. The summed E-state index contributed by atoms with van der Waals surface area (Å²) in [5.74, 6) is -2.69. The summed E-state index contributed by atoms with van der Waals surface area (Å²) in [4.78, 5) is 0. The molecule has 1 saturated carbocycles. The Bertz CT molecular complexity index is 413. The predicted molar refractivity (Wildman–Crippen MR) is 54.0 cm³/mol. The van der Waals surface area contributed by atoms with Crippen molar-refractivity contribution in [2.75, 3.05) is 0 Å². The number of halogens is 8. The van der Waals surface area contributed by atoms with Gasteiger partial charge in [-0.3, -0.25) is 0 Å². The summed E-state index contributed by atoms with van der Waals surface area (Å²) in [6.07, 6.45) is -9.00. The zero-order valence-electron chi connectivity index (χ0n) is 8.54. The average molecular weight is 311 g/mol. The van der Waals surface area contributed by atoms with Crippen molar-refractivity contribution >= 4 is 23.2 Å². The van der Waals surface area contributed by atoms with E-state index in [0.29, 0.717) is 0 Å². The summed E-state index contributed by atoms with van der Waals surface area (Å²) < 4.78 is 77.5. The molecule has 0 aromatic heterocycles. The van der Waals surface area contributed by atoms with Crippen LogP contribution < -0.4 is 0 Å². The Morgan fingerprint density at radius 1 is 1.06 bits per heavy atom. The topological polar surface area (TPSA) is 0 Å². The molecule has 2 bridgehead atoms. The van der Waals surface area contributed by atoms with E-state index in [2.05, 4.69) is 0 Å². The normalized spacial score (nSPS) is 30.1. The third-order valence-electron chi connectivity index (χ3n) is 3.53. The van der Waals surface area contributed by atoms with Gasteiger partial charge < -0.3 is 0 Å². The number of fused-ring (bicyclic) bond motifs is 2. The van der Waals surface area contributed by atoms with Crippen LogP contribution in [0.2, 0.25) is 0 Å². The number of rotatable bonds is 0. The fraction of sp³-hybridized carbons (Fsp3) is 0.600. The summed E-state index contributed by atoms with van der Waals surface area (Å²) in [5, 5.41) is 0. The smallest absolute Gasteiger partial charge is 0.170 e. The summed E-state index contributed by atoms with van der Waals surface area (Å²) in [6, 6.07) is 0. The van der Waals surface area contributed by atoms with Crippen molar-refractivity contribution in [1.82, 2.24) is 0 Å². The van der Waals surface area contributed by atoms with Crippen LogP contribution in [0.4, 0.5) is 26.3 Å². The lowest BCUT2D eigenvalue weighted by Crippen LogP contribution is -2.54. The fourth-order valence-corrected chi connectivity index (χ4v) is 3.48. The van der Waals surface area contributed by atoms with Gasteiger partial charge >= 0.3 is 12.4 Å². The van der Waals surface area contributed by atoms with E-state index >= 15 is 0 Å². The van der Waals surface area contributed by atoms with Crippen LogP contribution in [-0.4, -0.2) is 12.4 Å². The van der Waals surface area contributed by atoms with Crippen LogP contribution in [0, 0.1) is 17.3 Å². The molecule has 0 aromatic rings. The molecule has 0 saturated heterocycles. The second-order valence-electron chi connectivity index (χ2n) is 4.31. The molecule has 1 fully saturated rings. The van der Waals surface area contributed by atoms with E-state index in [0.717, 1.165) is 6.08 Å². The van der Waals surface area contributed by atoms with Gasteiger partial charge in [-0.25, -0.2) is 0 Å². The molecule has 0 radical (unpaired) electrons. The van der Waals surface area contributed by atoms with Gasteiger partial charge in [-0.05, 0) is 12.0 Å². The maximum absolute atomic E-state index is 13.1. The molecule has 2 atom stereocenters. The van der Waals surface area contributed by atoms with Crippen LogP contribution in [0.5, 0.6) is 0 Å². The molecule has 0 nitrogen and oxygen atoms in total. The van der Waals surface area contributed by atoms with Crippen LogP contribution in [0.25, 0.3) is 0 Å². The number of allylic oxidation sites excluding steroid dienone is 3. The van der Waals surface area contributed by atoms with Crippen molar-refractivity contribution in [2.24, 2.45) is 17.3 Å². The highest BCUT2D eigenvalue weighted by Gasteiger charge is 2.79. The van der Waals surface area contributed by atoms with E-state index in [1.807, 2.05) is 0 Å². The zero-order chi connectivity index (χ0) is 13.9. The number of alkyl halides is 6. The lowest BCUT2D eigenvalue weighted by molar-refractivity contribution is -0.333. The maximum Gasteiger partial charge on any atom is 0.407 e. The number of hydrogen-bond acceptors (Lipinski definition) is 0. The lowest BCUT2D eigenvalue weighted by atomic mass is 9.71. The Morgan fingerprint density at radius 2 is 1.56 bits per heavy atom. The summed E-state index contributed by atoms with van der Waals surface area (Å²) in [7, 11) is 0. The highest BCUT2D eigenvalue weighted by molar-refractivity contribution is 6.56. The summed E-state index contributed by atoms with van der Waals surface area (Å²) >= 11 is 10.6. The van der Waals surface area contributed by atoms with E-state index in [4.69, 9.17) is 23.2 Å². The minimum atomic E-state index is -5.49. The predicted octanol–water partition coefficient (Wildman–Crippen LogP) is 4.99.